The van der Waals surface area contributed by atoms with Crippen LogP contribution in [0.1, 0.15) is 12.5 Å². The molecule has 0 bridgehead atoms. The molecular weight excluding hydrogens is 738 g/mol. The second kappa shape index (κ2) is 13.7. The molecule has 0 spiro atoms. The maximum atomic E-state index is 11.6. The first-order valence-electron chi connectivity index (χ1n) is 12.4. The van der Waals surface area contributed by atoms with Crippen LogP contribution in [0.5, 0.6) is 0 Å². The van der Waals surface area contributed by atoms with Crippen LogP contribution in [0.3, 0.4) is 0 Å². The minimum atomic E-state index is -2.12. The molecule has 0 saturated carbocycles. The van der Waals surface area contributed by atoms with E-state index in [-0.39, 0.29) is 71.2 Å². The number of carbonyl (C=O) groups is 2. The molecule has 2 unspecified atom stereocenters. The Morgan fingerprint density at radius 3 is 1.40 bits per heavy atom. The molecule has 4 aromatic heterocycles. The van der Waals surface area contributed by atoms with E-state index in [9.17, 15) is 60.0 Å². The number of carboxylic acid groups (broad SMARTS) is 2. The molecule has 10 atom stereocenters. The quantitative estimate of drug-likeness (QED) is 0.0846. The Labute approximate surface area is 287 Å². The van der Waals surface area contributed by atoms with Crippen molar-refractivity contribution >= 4 is 83.1 Å². The van der Waals surface area contributed by atoms with Gasteiger partial charge in [-0.3, -0.25) is 18.7 Å². The van der Waals surface area contributed by atoms with Gasteiger partial charge in [0.05, 0.1) is 37.2 Å². The summed E-state index contributed by atoms with van der Waals surface area (Å²) in [5, 5.41) is 79.9. The van der Waals surface area contributed by atoms with E-state index in [1.807, 2.05) is 0 Å². The molecule has 236 valence electrons. The summed E-state index contributed by atoms with van der Waals surface area (Å²) in [7, 11) is 0. The molecule has 6 heterocycles. The first kappa shape index (κ1) is 34.8. The van der Waals surface area contributed by atoms with Crippen LogP contribution < -0.4 is 21.3 Å². The van der Waals surface area contributed by atoms with Crippen LogP contribution in [0.25, 0.3) is 22.3 Å². The Morgan fingerprint density at radius 2 is 1.07 bits per heavy atom. The molecule has 0 aliphatic carbocycles. The Morgan fingerprint density at radius 1 is 0.711 bits per heavy atom. The summed E-state index contributed by atoms with van der Waals surface area (Å²) >= 11 is 0. The van der Waals surface area contributed by atoms with Crippen molar-refractivity contribution in [3.8, 4) is 0 Å². The van der Waals surface area contributed by atoms with Crippen LogP contribution in [0.2, 0.25) is 0 Å². The number of H-pyrrole nitrogens is 2. The molecule has 2 saturated heterocycles. The Balaban J connectivity index is 0.000000200. The van der Waals surface area contributed by atoms with Gasteiger partial charge in [0.25, 0.3) is 11.1 Å². The number of aromatic amines is 2. The van der Waals surface area contributed by atoms with Crippen molar-refractivity contribution < 1.29 is 59.9 Å². The van der Waals surface area contributed by atoms with Gasteiger partial charge in [0.1, 0.15) is 48.8 Å². The Hall–Kier alpha value is -3.11. The zero-order valence-corrected chi connectivity index (χ0v) is 26.9. The predicted octanol–water partition coefficient (Wildman–Crippen LogP) is -8.68. The number of aliphatic hydroxyl groups is 6. The van der Waals surface area contributed by atoms with E-state index < -0.39 is 84.3 Å². The van der Waals surface area contributed by atoms with Gasteiger partial charge in [-0.15, -0.1) is 0 Å². The Bertz CT molecular complexity index is 1680. The number of rotatable bonds is 6. The topological polar surface area (TPSA) is 347 Å². The van der Waals surface area contributed by atoms with Gasteiger partial charge in [0.15, 0.2) is 34.8 Å². The van der Waals surface area contributed by atoms with Crippen molar-refractivity contribution in [2.75, 3.05) is 0 Å². The molecule has 45 heavy (non-hydrogen) atoms. The number of imidazole rings is 2. The van der Waals surface area contributed by atoms with Crippen molar-refractivity contribution in [3.63, 3.8) is 0 Å². The van der Waals surface area contributed by atoms with Gasteiger partial charge in [-0.25, -0.2) is 19.9 Å². The number of aliphatic carboxylic acids is 2. The van der Waals surface area contributed by atoms with E-state index in [1.54, 1.807) is 0 Å². The summed E-state index contributed by atoms with van der Waals surface area (Å²) in [6, 6.07) is 0. The third kappa shape index (κ3) is 6.32. The monoisotopic (exact) mass is 760 g/mol. The second-order valence-electron chi connectivity index (χ2n) is 9.58. The largest absolute Gasteiger partial charge is 2.00 e. The fourth-order valence-corrected chi connectivity index (χ4v) is 4.72. The first-order chi connectivity index (χ1) is 20.8. The molecule has 8 N–H and O–H groups in total. The fourth-order valence-electron chi connectivity index (χ4n) is 4.72. The zero-order valence-electron chi connectivity index (χ0n) is 22.4. The van der Waals surface area contributed by atoms with Crippen LogP contribution in [0, 0.1) is 0 Å². The van der Waals surface area contributed by atoms with E-state index in [2.05, 4.69) is 29.9 Å². The second-order valence-corrected chi connectivity index (χ2v) is 9.58. The third-order valence-electron chi connectivity index (χ3n) is 6.93. The first-order valence-corrected chi connectivity index (χ1v) is 12.4. The average Bonchev–Trinajstić information content (AvgIpc) is 3.75. The van der Waals surface area contributed by atoms with Gasteiger partial charge in [-0.05, 0) is 0 Å². The molecule has 2 aliphatic heterocycles. The van der Waals surface area contributed by atoms with Crippen LogP contribution in [0.15, 0.2) is 34.9 Å². The summed E-state index contributed by atoms with van der Waals surface area (Å²) in [6.45, 7) is 0. The fraction of sp³-hybridized carbons (Fsp3) is 0.455. The van der Waals surface area contributed by atoms with Gasteiger partial charge < -0.3 is 69.9 Å². The number of carbonyl (C=O) groups excluding carboxylic acids is 2. The van der Waals surface area contributed by atoms with Crippen LogP contribution in [0.4, 0.5) is 0 Å². The average molecular weight is 760 g/mol. The van der Waals surface area contributed by atoms with Crippen molar-refractivity contribution in [1.29, 1.82) is 0 Å². The number of ether oxygens (including phenoxy) is 2. The molecule has 4 aromatic rings. The molecule has 0 aromatic carbocycles. The number of fused-ring (bicyclic) bond motifs is 2. The van der Waals surface area contributed by atoms with Gasteiger partial charge in [-0.2, -0.15) is 0 Å². The Kier molecular flexibility index (Phi) is 10.6. The maximum absolute atomic E-state index is 11.6. The number of nitrogens with zero attached hydrogens (tertiary/aromatic N) is 6. The van der Waals surface area contributed by atoms with E-state index in [0.29, 0.717) is 0 Å². The standard InChI is InChI=1S/2C11H12N4O7.Ba/c2*16-4-5(17)10(22-7(4)6(18)11(20)21)15-2-14-3-8(15)12-1-13-9(3)19;/h2*1-2,4-7,10,16-18H,(H,20,21)(H,12,13,19);/q;;+2/p-2/t2*4-,5+,6?,7-,10+;/m00./s1. The normalized spacial score (nSPS) is 29.1. The molecule has 2 aliphatic rings. The van der Waals surface area contributed by atoms with Crippen molar-refractivity contribution in [1.82, 2.24) is 39.0 Å². The van der Waals surface area contributed by atoms with Crippen molar-refractivity contribution in [2.45, 2.75) is 61.3 Å². The third-order valence-corrected chi connectivity index (χ3v) is 6.93. The number of hydrogen-bond acceptors (Lipinski definition) is 18. The molecule has 2 fully saturated rings. The number of hydrogen-bond donors (Lipinski definition) is 8. The number of carboxylic acids is 2. The zero-order chi connectivity index (χ0) is 32.0. The molecular formula is C22H22BaN8O14. The van der Waals surface area contributed by atoms with Gasteiger partial charge >= 0.3 is 48.9 Å². The summed E-state index contributed by atoms with van der Waals surface area (Å²) in [5.41, 5.74) is -0.910. The summed E-state index contributed by atoms with van der Waals surface area (Å²) in [4.78, 5) is 64.5. The van der Waals surface area contributed by atoms with Gasteiger partial charge in [0.2, 0.25) is 0 Å². The molecule has 6 rings (SSSR count). The SMILES string of the molecule is O=C([O-])C(O)[C@H]1O[C@@H](n2cnc3c(=O)[nH]cnc32)[C@H](O)[C@@H]1O.O=C([O-])C(O)[C@H]1O[C@@H](n2cnc3c(=O)[nH]cnc32)[C@H](O)[C@@H]1O.[Ba+2]. The number of aliphatic hydroxyl groups excluding tert-OH is 6. The van der Waals surface area contributed by atoms with E-state index >= 15 is 0 Å². The maximum Gasteiger partial charge on any atom is 2.00 e. The van der Waals surface area contributed by atoms with Crippen LogP contribution >= 0.6 is 0 Å². The van der Waals surface area contributed by atoms with Gasteiger partial charge in [-0.1, -0.05) is 0 Å². The molecule has 0 amide bonds. The van der Waals surface area contributed by atoms with E-state index in [1.165, 1.54) is 9.13 Å². The summed E-state index contributed by atoms with van der Waals surface area (Å²) in [6.07, 6.45) is -11.9. The summed E-state index contributed by atoms with van der Waals surface area (Å²) in [5.74, 6) is -3.69. The molecule has 23 heteroatoms. The minimum absolute atomic E-state index is 0. The molecule has 22 nitrogen and oxygen atoms in total. The molecule has 0 radical (unpaired) electrons. The summed E-state index contributed by atoms with van der Waals surface area (Å²) < 4.78 is 12.7. The predicted molar refractivity (Wildman–Crippen MR) is 136 cm³/mol. The minimum Gasteiger partial charge on any atom is -0.547 e. The van der Waals surface area contributed by atoms with E-state index in [0.717, 1.165) is 25.3 Å². The van der Waals surface area contributed by atoms with E-state index in [4.69, 9.17) is 9.47 Å². The van der Waals surface area contributed by atoms with Crippen molar-refractivity contribution in [2.24, 2.45) is 0 Å². The van der Waals surface area contributed by atoms with Gasteiger partial charge in [0, 0.05) is 0 Å². The number of aromatic nitrogens is 8. The van der Waals surface area contributed by atoms with Crippen LogP contribution in [-0.2, 0) is 19.1 Å². The van der Waals surface area contributed by atoms with Crippen molar-refractivity contribution in [3.05, 3.63) is 46.0 Å². The van der Waals surface area contributed by atoms with Crippen LogP contribution in [-0.4, -0.2) is 179 Å². The smallest absolute Gasteiger partial charge is 0.547 e. The number of nitrogens with one attached hydrogen (secondary N) is 2.